The number of carbonyl (C=O) groups is 2. The van der Waals surface area contributed by atoms with Gasteiger partial charge in [-0.1, -0.05) is 30.3 Å². The van der Waals surface area contributed by atoms with Crippen molar-refractivity contribution in [1.82, 2.24) is 19.7 Å². The normalized spacial score (nSPS) is 14.2. The van der Waals surface area contributed by atoms with Gasteiger partial charge in [0.1, 0.15) is 11.9 Å². The lowest BCUT2D eigenvalue weighted by Crippen LogP contribution is -2.53. The summed E-state index contributed by atoms with van der Waals surface area (Å²) in [7, 11) is 0. The summed E-state index contributed by atoms with van der Waals surface area (Å²) >= 11 is 0. The Bertz CT molecular complexity index is 968. The van der Waals surface area contributed by atoms with Crippen LogP contribution in [0, 0.1) is 25.2 Å². The fourth-order valence-electron chi connectivity index (χ4n) is 3.84. The predicted octanol–water partition coefficient (Wildman–Crippen LogP) is 2.31. The maximum Gasteiger partial charge on any atom is 0.317 e. The van der Waals surface area contributed by atoms with Gasteiger partial charge in [0.05, 0.1) is 12.1 Å². The molecule has 1 fully saturated rings. The molecule has 3 amide bonds. The van der Waals surface area contributed by atoms with Gasteiger partial charge in [0, 0.05) is 45.0 Å². The van der Waals surface area contributed by atoms with Crippen LogP contribution in [0.1, 0.15) is 29.3 Å². The molecule has 2 aromatic rings. The van der Waals surface area contributed by atoms with E-state index in [0.717, 1.165) is 16.8 Å². The van der Waals surface area contributed by atoms with Crippen molar-refractivity contribution >= 4 is 17.8 Å². The molecule has 0 aliphatic carbocycles. The van der Waals surface area contributed by atoms with Gasteiger partial charge in [-0.15, -0.1) is 0 Å². The van der Waals surface area contributed by atoms with Crippen LogP contribution < -0.4 is 10.6 Å². The summed E-state index contributed by atoms with van der Waals surface area (Å²) in [6.45, 7) is 9.63. The molecule has 3 rings (SSSR count). The highest BCUT2D eigenvalue weighted by Crippen LogP contribution is 2.27. The summed E-state index contributed by atoms with van der Waals surface area (Å²) in [6.07, 6.45) is 0. The van der Waals surface area contributed by atoms with Crippen molar-refractivity contribution in [3.8, 4) is 6.07 Å². The van der Waals surface area contributed by atoms with Crippen LogP contribution in [0.2, 0.25) is 0 Å². The van der Waals surface area contributed by atoms with Crippen LogP contribution in [0.4, 0.5) is 10.6 Å². The van der Waals surface area contributed by atoms with Crippen LogP contribution in [0.25, 0.3) is 0 Å². The van der Waals surface area contributed by atoms with Crippen molar-refractivity contribution < 1.29 is 9.59 Å². The number of anilines is 1. The van der Waals surface area contributed by atoms with E-state index in [1.165, 1.54) is 0 Å². The molecule has 8 heteroatoms. The lowest BCUT2D eigenvalue weighted by Gasteiger charge is -2.34. The fourth-order valence-corrected chi connectivity index (χ4v) is 3.84. The zero-order chi connectivity index (χ0) is 22.4. The monoisotopic (exact) mass is 422 g/mol. The van der Waals surface area contributed by atoms with E-state index < -0.39 is 0 Å². The lowest BCUT2D eigenvalue weighted by atomic mass is 10.2. The van der Waals surface area contributed by atoms with Gasteiger partial charge in [-0.05, 0) is 31.9 Å². The fraction of sp³-hybridized carbons (Fsp3) is 0.435. The summed E-state index contributed by atoms with van der Waals surface area (Å²) < 4.78 is 1.99. The first-order chi connectivity index (χ1) is 14.9. The Morgan fingerprint density at radius 1 is 1.10 bits per heavy atom. The summed E-state index contributed by atoms with van der Waals surface area (Å²) in [5.74, 6) is 0.391. The van der Waals surface area contributed by atoms with E-state index in [1.54, 1.807) is 4.90 Å². The van der Waals surface area contributed by atoms with Crippen molar-refractivity contribution in [3.05, 3.63) is 52.7 Å². The number of nitrogens with one attached hydrogen (secondary N) is 2. The number of hydrogen-bond acceptors (Lipinski definition) is 4. The molecule has 0 unspecified atom stereocenters. The van der Waals surface area contributed by atoms with Gasteiger partial charge in [0.25, 0.3) is 0 Å². The van der Waals surface area contributed by atoms with Crippen LogP contribution in [-0.2, 0) is 11.3 Å². The molecule has 1 aromatic heterocycles. The van der Waals surface area contributed by atoms with E-state index in [9.17, 15) is 14.9 Å². The van der Waals surface area contributed by atoms with E-state index in [4.69, 9.17) is 0 Å². The van der Waals surface area contributed by atoms with Crippen LogP contribution in [0.3, 0.4) is 0 Å². The highest BCUT2D eigenvalue weighted by atomic mass is 16.2. The summed E-state index contributed by atoms with van der Waals surface area (Å²) in [4.78, 5) is 28.6. The summed E-state index contributed by atoms with van der Waals surface area (Å²) in [5.41, 5.74) is 3.44. The van der Waals surface area contributed by atoms with Crippen molar-refractivity contribution in [2.24, 2.45) is 0 Å². The van der Waals surface area contributed by atoms with Gasteiger partial charge in [-0.2, -0.15) is 5.26 Å². The number of aromatic nitrogens is 1. The number of nitrogens with zero attached hydrogens (tertiary/aromatic N) is 4. The molecule has 0 saturated carbocycles. The number of nitriles is 1. The number of hydrogen-bond donors (Lipinski definition) is 2. The van der Waals surface area contributed by atoms with Crippen molar-refractivity contribution in [2.45, 2.75) is 27.3 Å². The first-order valence-electron chi connectivity index (χ1n) is 10.6. The smallest absolute Gasteiger partial charge is 0.317 e. The lowest BCUT2D eigenvalue weighted by molar-refractivity contribution is -0.117. The average Bonchev–Trinajstić information content (AvgIpc) is 2.98. The highest BCUT2D eigenvalue weighted by molar-refractivity contribution is 5.93. The molecule has 2 N–H and O–H groups in total. The largest absolute Gasteiger partial charge is 0.338 e. The van der Waals surface area contributed by atoms with Gasteiger partial charge in [0.15, 0.2) is 0 Å². The Kier molecular flexibility index (Phi) is 7.32. The predicted molar refractivity (Wildman–Crippen MR) is 120 cm³/mol. The molecule has 31 heavy (non-hydrogen) atoms. The first kappa shape index (κ1) is 22.4. The van der Waals surface area contributed by atoms with E-state index in [0.29, 0.717) is 50.6 Å². The molecule has 0 radical (unpaired) electrons. The standard InChI is InChI=1S/C23H30N6O2/c1-4-25-23(31)28-12-10-27(11-13-28)16-21(30)26-22-20(14-24)17(2)18(3)29(22)15-19-8-6-5-7-9-19/h5-9H,4,10-13,15-16H2,1-3H3,(H,25,31)(H,26,30). The number of rotatable bonds is 6. The molecule has 0 atom stereocenters. The Hall–Kier alpha value is -3.31. The number of benzene rings is 1. The minimum atomic E-state index is -0.158. The molecular formula is C23H30N6O2. The van der Waals surface area contributed by atoms with Crippen molar-refractivity contribution in [2.75, 3.05) is 44.6 Å². The molecule has 0 spiro atoms. The molecule has 0 bridgehead atoms. The van der Waals surface area contributed by atoms with Crippen LogP contribution >= 0.6 is 0 Å². The molecule has 1 aromatic carbocycles. The number of carbonyl (C=O) groups excluding carboxylic acids is 2. The maximum atomic E-state index is 12.8. The van der Waals surface area contributed by atoms with Gasteiger partial charge in [-0.3, -0.25) is 9.69 Å². The van der Waals surface area contributed by atoms with Crippen LogP contribution in [-0.4, -0.2) is 65.6 Å². The maximum absolute atomic E-state index is 12.8. The second-order valence-corrected chi connectivity index (χ2v) is 7.76. The molecular weight excluding hydrogens is 392 g/mol. The zero-order valence-electron chi connectivity index (χ0n) is 18.4. The highest BCUT2D eigenvalue weighted by Gasteiger charge is 2.24. The number of urea groups is 1. The Morgan fingerprint density at radius 2 is 1.77 bits per heavy atom. The number of amides is 3. The van der Waals surface area contributed by atoms with Crippen LogP contribution in [0.5, 0.6) is 0 Å². The van der Waals surface area contributed by atoms with Gasteiger partial charge in [0.2, 0.25) is 5.91 Å². The second-order valence-electron chi connectivity index (χ2n) is 7.76. The zero-order valence-corrected chi connectivity index (χ0v) is 18.4. The van der Waals surface area contributed by atoms with Gasteiger partial charge in [-0.25, -0.2) is 4.79 Å². The van der Waals surface area contributed by atoms with E-state index in [2.05, 4.69) is 16.7 Å². The molecule has 1 saturated heterocycles. The van der Waals surface area contributed by atoms with E-state index in [-0.39, 0.29) is 18.5 Å². The summed E-state index contributed by atoms with van der Waals surface area (Å²) in [5, 5.41) is 15.5. The summed E-state index contributed by atoms with van der Waals surface area (Å²) in [6, 6.07) is 12.2. The van der Waals surface area contributed by atoms with E-state index >= 15 is 0 Å². The molecule has 164 valence electrons. The Morgan fingerprint density at radius 3 is 2.39 bits per heavy atom. The third kappa shape index (κ3) is 5.25. The Labute approximate surface area is 183 Å². The average molecular weight is 423 g/mol. The number of piperazine rings is 1. The molecule has 1 aliphatic heterocycles. The molecule has 8 nitrogen and oxygen atoms in total. The third-order valence-corrected chi connectivity index (χ3v) is 5.74. The van der Waals surface area contributed by atoms with E-state index in [1.807, 2.05) is 60.6 Å². The van der Waals surface area contributed by atoms with Gasteiger partial charge >= 0.3 is 6.03 Å². The minimum absolute atomic E-state index is 0.0602. The first-order valence-corrected chi connectivity index (χ1v) is 10.6. The SMILES string of the molecule is CCNC(=O)N1CCN(CC(=O)Nc2c(C#N)c(C)c(C)n2Cc2ccccc2)CC1. The quantitative estimate of drug-likeness (QED) is 0.747. The molecule has 1 aliphatic rings. The third-order valence-electron chi connectivity index (χ3n) is 5.74. The molecule has 2 heterocycles. The van der Waals surface area contributed by atoms with Crippen molar-refractivity contribution in [1.29, 1.82) is 5.26 Å². The Balaban J connectivity index is 1.68. The topological polar surface area (TPSA) is 93.4 Å². The van der Waals surface area contributed by atoms with Crippen LogP contribution in [0.15, 0.2) is 30.3 Å². The minimum Gasteiger partial charge on any atom is -0.338 e. The van der Waals surface area contributed by atoms with Gasteiger partial charge < -0.3 is 20.1 Å². The van der Waals surface area contributed by atoms with Crippen molar-refractivity contribution in [3.63, 3.8) is 0 Å². The second kappa shape index (κ2) is 10.1.